The molecule has 2 N–H and O–H groups in total. The molecular formula is C16H26N2O2. The van der Waals surface area contributed by atoms with Crippen LogP contribution in [-0.4, -0.2) is 37.6 Å². The molecule has 1 aromatic carbocycles. The van der Waals surface area contributed by atoms with Crippen LogP contribution in [0.25, 0.3) is 0 Å². The Morgan fingerprint density at radius 1 is 1.40 bits per heavy atom. The van der Waals surface area contributed by atoms with E-state index >= 15 is 0 Å². The van der Waals surface area contributed by atoms with Gasteiger partial charge in [-0.1, -0.05) is 23.8 Å². The fourth-order valence-electron chi connectivity index (χ4n) is 2.21. The van der Waals surface area contributed by atoms with Gasteiger partial charge in [0.1, 0.15) is 0 Å². The molecule has 0 aliphatic rings. The summed E-state index contributed by atoms with van der Waals surface area (Å²) in [6.45, 7) is 5.38. The molecule has 1 unspecified atom stereocenters. The average Bonchev–Trinajstić information content (AvgIpc) is 2.41. The Hall–Kier alpha value is -1.39. The third-order valence-corrected chi connectivity index (χ3v) is 3.46. The largest absolute Gasteiger partial charge is 0.385 e. The lowest BCUT2D eigenvalue weighted by molar-refractivity contribution is -0.132. The summed E-state index contributed by atoms with van der Waals surface area (Å²) in [6, 6.07) is 5.83. The summed E-state index contributed by atoms with van der Waals surface area (Å²) in [5.74, 6) is -0.0129. The molecule has 4 heteroatoms. The first kappa shape index (κ1) is 16.7. The molecule has 0 radical (unpaired) electrons. The number of hydrogen-bond acceptors (Lipinski definition) is 3. The molecule has 112 valence electrons. The van der Waals surface area contributed by atoms with Gasteiger partial charge in [0.15, 0.2) is 0 Å². The van der Waals surface area contributed by atoms with E-state index in [1.165, 1.54) is 11.1 Å². The zero-order valence-corrected chi connectivity index (χ0v) is 13.0. The van der Waals surface area contributed by atoms with Crippen LogP contribution in [0.5, 0.6) is 0 Å². The van der Waals surface area contributed by atoms with E-state index in [1.54, 1.807) is 19.1 Å². The van der Waals surface area contributed by atoms with Crippen molar-refractivity contribution in [3.05, 3.63) is 34.9 Å². The van der Waals surface area contributed by atoms with Gasteiger partial charge in [0.2, 0.25) is 5.91 Å². The predicted molar refractivity (Wildman–Crippen MR) is 81.5 cm³/mol. The van der Waals surface area contributed by atoms with E-state index < -0.39 is 6.04 Å². The number of carbonyl (C=O) groups is 1. The van der Waals surface area contributed by atoms with Crippen LogP contribution in [0.3, 0.4) is 0 Å². The van der Waals surface area contributed by atoms with Crippen LogP contribution in [0.2, 0.25) is 0 Å². The summed E-state index contributed by atoms with van der Waals surface area (Å²) in [5, 5.41) is 0. The highest BCUT2D eigenvalue weighted by atomic mass is 16.5. The van der Waals surface area contributed by atoms with Gasteiger partial charge in [-0.15, -0.1) is 0 Å². The maximum absolute atomic E-state index is 12.2. The van der Waals surface area contributed by atoms with Gasteiger partial charge in [0.05, 0.1) is 6.04 Å². The summed E-state index contributed by atoms with van der Waals surface area (Å²) in [7, 11) is 3.46. The average molecular weight is 278 g/mol. The lowest BCUT2D eigenvalue weighted by atomic mass is 10.0. The van der Waals surface area contributed by atoms with Crippen LogP contribution in [0.4, 0.5) is 0 Å². The normalized spacial score (nSPS) is 12.2. The molecule has 1 amide bonds. The molecule has 0 saturated heterocycles. The zero-order chi connectivity index (χ0) is 15.1. The van der Waals surface area contributed by atoms with Crippen molar-refractivity contribution in [3.8, 4) is 0 Å². The van der Waals surface area contributed by atoms with E-state index in [-0.39, 0.29) is 5.91 Å². The molecule has 0 aliphatic carbocycles. The number of rotatable bonds is 7. The highest BCUT2D eigenvalue weighted by molar-refractivity contribution is 5.81. The molecule has 1 atom stereocenters. The number of nitrogens with zero attached hydrogens (tertiary/aromatic N) is 1. The maximum atomic E-state index is 12.2. The number of benzene rings is 1. The zero-order valence-electron chi connectivity index (χ0n) is 13.0. The Labute approximate surface area is 121 Å². The second kappa shape index (κ2) is 8.02. The second-order valence-electron chi connectivity index (χ2n) is 5.37. The minimum atomic E-state index is -0.444. The van der Waals surface area contributed by atoms with Crippen molar-refractivity contribution in [2.75, 3.05) is 20.8 Å². The molecule has 0 aliphatic heterocycles. The molecule has 1 aromatic rings. The number of likely N-dealkylation sites (N-methyl/N-ethyl adjacent to an activating group) is 1. The van der Waals surface area contributed by atoms with Crippen molar-refractivity contribution < 1.29 is 9.53 Å². The minimum absolute atomic E-state index is 0.0129. The van der Waals surface area contributed by atoms with Crippen molar-refractivity contribution in [2.24, 2.45) is 5.73 Å². The van der Waals surface area contributed by atoms with E-state index in [1.807, 2.05) is 0 Å². The third kappa shape index (κ3) is 4.94. The van der Waals surface area contributed by atoms with Gasteiger partial charge < -0.3 is 15.4 Å². The molecule has 4 nitrogen and oxygen atoms in total. The first-order valence-corrected chi connectivity index (χ1v) is 7.01. The smallest absolute Gasteiger partial charge is 0.239 e. The summed E-state index contributed by atoms with van der Waals surface area (Å²) in [4.78, 5) is 13.9. The number of carbonyl (C=O) groups excluding carboxylic acids is 1. The number of methoxy groups -OCH3 is 1. The summed E-state index contributed by atoms with van der Waals surface area (Å²) in [6.07, 6.45) is 1.46. The Bertz CT molecular complexity index is 446. The van der Waals surface area contributed by atoms with Gasteiger partial charge in [0, 0.05) is 27.3 Å². The fourth-order valence-corrected chi connectivity index (χ4v) is 2.21. The Kier molecular flexibility index (Phi) is 6.68. The standard InChI is InChI=1S/C16H26N2O2/c1-12-7-8-14(13(2)10-12)11-18(3)16(19)15(17)6-5-9-20-4/h7-8,10,15H,5-6,9,11,17H2,1-4H3. The molecule has 20 heavy (non-hydrogen) atoms. The molecular weight excluding hydrogens is 252 g/mol. The molecule has 0 fully saturated rings. The lowest BCUT2D eigenvalue weighted by Crippen LogP contribution is -2.41. The van der Waals surface area contributed by atoms with Crippen molar-refractivity contribution in [1.82, 2.24) is 4.90 Å². The number of ether oxygens (including phenoxy) is 1. The number of amides is 1. The SMILES string of the molecule is COCCCC(N)C(=O)N(C)Cc1ccc(C)cc1C. The second-order valence-corrected chi connectivity index (χ2v) is 5.37. The van der Waals surface area contributed by atoms with Crippen LogP contribution >= 0.6 is 0 Å². The van der Waals surface area contributed by atoms with Gasteiger partial charge in [0.25, 0.3) is 0 Å². The van der Waals surface area contributed by atoms with Gasteiger partial charge in [-0.05, 0) is 37.8 Å². The van der Waals surface area contributed by atoms with E-state index in [2.05, 4.69) is 32.0 Å². The minimum Gasteiger partial charge on any atom is -0.385 e. The quantitative estimate of drug-likeness (QED) is 0.776. The van der Waals surface area contributed by atoms with Crippen LogP contribution in [0, 0.1) is 13.8 Å². The fraction of sp³-hybridized carbons (Fsp3) is 0.562. The Morgan fingerprint density at radius 2 is 2.10 bits per heavy atom. The monoisotopic (exact) mass is 278 g/mol. The first-order valence-electron chi connectivity index (χ1n) is 7.01. The Balaban J connectivity index is 2.56. The van der Waals surface area contributed by atoms with E-state index in [9.17, 15) is 4.79 Å². The Morgan fingerprint density at radius 3 is 2.70 bits per heavy atom. The van der Waals surface area contributed by atoms with Gasteiger partial charge in [-0.3, -0.25) is 4.79 Å². The van der Waals surface area contributed by atoms with Crippen LogP contribution in [0.15, 0.2) is 18.2 Å². The maximum Gasteiger partial charge on any atom is 0.239 e. The van der Waals surface area contributed by atoms with Crippen LogP contribution in [-0.2, 0) is 16.1 Å². The van der Waals surface area contributed by atoms with Crippen LogP contribution in [0.1, 0.15) is 29.5 Å². The van der Waals surface area contributed by atoms with Crippen molar-refractivity contribution >= 4 is 5.91 Å². The van der Waals surface area contributed by atoms with E-state index in [0.717, 1.165) is 12.0 Å². The molecule has 1 rings (SSSR count). The van der Waals surface area contributed by atoms with Crippen molar-refractivity contribution in [2.45, 2.75) is 39.3 Å². The first-order chi connectivity index (χ1) is 9.45. The van der Waals surface area contributed by atoms with Crippen molar-refractivity contribution in [1.29, 1.82) is 0 Å². The van der Waals surface area contributed by atoms with Gasteiger partial charge in [-0.2, -0.15) is 0 Å². The third-order valence-electron chi connectivity index (χ3n) is 3.46. The molecule has 0 aromatic heterocycles. The van der Waals surface area contributed by atoms with Gasteiger partial charge in [-0.25, -0.2) is 0 Å². The van der Waals surface area contributed by atoms with E-state index in [0.29, 0.717) is 19.6 Å². The summed E-state index contributed by atoms with van der Waals surface area (Å²) in [5.41, 5.74) is 9.53. The molecule has 0 spiro atoms. The molecule has 0 heterocycles. The highest BCUT2D eigenvalue weighted by Crippen LogP contribution is 2.13. The number of nitrogens with two attached hydrogens (primary N) is 1. The van der Waals surface area contributed by atoms with E-state index in [4.69, 9.17) is 10.5 Å². The topological polar surface area (TPSA) is 55.6 Å². The highest BCUT2D eigenvalue weighted by Gasteiger charge is 2.18. The number of aryl methyl sites for hydroxylation is 2. The van der Waals surface area contributed by atoms with Crippen LogP contribution < -0.4 is 5.73 Å². The summed E-state index contributed by atoms with van der Waals surface area (Å²) >= 11 is 0. The predicted octanol–water partition coefficient (Wildman–Crippen LogP) is 2.02. The molecule has 0 saturated carbocycles. The van der Waals surface area contributed by atoms with Gasteiger partial charge >= 0.3 is 0 Å². The lowest BCUT2D eigenvalue weighted by Gasteiger charge is -2.22. The summed E-state index contributed by atoms with van der Waals surface area (Å²) < 4.78 is 4.97. The molecule has 0 bridgehead atoms. The van der Waals surface area contributed by atoms with Crippen molar-refractivity contribution in [3.63, 3.8) is 0 Å². The number of hydrogen-bond donors (Lipinski definition) is 1.